The predicted octanol–water partition coefficient (Wildman–Crippen LogP) is 3.99. The molecule has 0 fully saturated rings. The van der Waals surface area contributed by atoms with Crippen molar-refractivity contribution in [2.45, 2.75) is 5.37 Å². The van der Waals surface area contributed by atoms with Gasteiger partial charge < -0.3 is 5.32 Å². The summed E-state index contributed by atoms with van der Waals surface area (Å²) in [6, 6.07) is 12.9. The maximum absolute atomic E-state index is 11.5. The molecule has 20 heavy (non-hydrogen) atoms. The van der Waals surface area contributed by atoms with Gasteiger partial charge in [0.25, 0.3) is 10.1 Å². The molecular weight excluding hydrogens is 321 g/mol. The van der Waals surface area contributed by atoms with Crippen LogP contribution in [0.15, 0.2) is 48.5 Å². The van der Waals surface area contributed by atoms with Gasteiger partial charge in [0, 0.05) is 5.69 Å². The zero-order valence-electron chi connectivity index (χ0n) is 10.1. The molecule has 0 heterocycles. The summed E-state index contributed by atoms with van der Waals surface area (Å²) in [4.78, 5) is 0. The minimum Gasteiger partial charge on any atom is -0.363 e. The van der Waals surface area contributed by atoms with Crippen molar-refractivity contribution < 1.29 is 13.0 Å². The highest BCUT2D eigenvalue weighted by Crippen LogP contribution is 2.29. The van der Waals surface area contributed by atoms with E-state index in [9.17, 15) is 13.0 Å². The lowest BCUT2D eigenvalue weighted by molar-refractivity contribution is 0.473. The van der Waals surface area contributed by atoms with Crippen LogP contribution in [0.3, 0.4) is 0 Å². The monoisotopic (exact) mass is 331 g/mol. The van der Waals surface area contributed by atoms with Gasteiger partial charge in [-0.3, -0.25) is 4.55 Å². The lowest BCUT2D eigenvalue weighted by atomic mass is 10.2. The SMILES string of the molecule is O=S(=O)(O)C(Nc1ccc(Cl)c(Cl)c1)c1ccccc1. The van der Waals surface area contributed by atoms with Crippen molar-refractivity contribution in [3.05, 3.63) is 64.1 Å². The first kappa shape index (κ1) is 15.1. The number of rotatable bonds is 4. The van der Waals surface area contributed by atoms with Crippen molar-refractivity contribution >= 4 is 39.0 Å². The Balaban J connectivity index is 2.37. The van der Waals surface area contributed by atoms with Crippen LogP contribution in [0.1, 0.15) is 10.9 Å². The third-order valence-corrected chi connectivity index (χ3v) is 4.34. The van der Waals surface area contributed by atoms with Gasteiger partial charge in [0.15, 0.2) is 5.37 Å². The Kier molecular flexibility index (Phi) is 4.55. The molecule has 0 aliphatic carbocycles. The van der Waals surface area contributed by atoms with Crippen molar-refractivity contribution in [3.8, 4) is 0 Å². The van der Waals surface area contributed by atoms with E-state index in [0.717, 1.165) is 0 Å². The van der Waals surface area contributed by atoms with Crippen molar-refractivity contribution in [1.82, 2.24) is 0 Å². The first-order valence-electron chi connectivity index (χ1n) is 5.61. The third-order valence-electron chi connectivity index (χ3n) is 2.62. The molecule has 0 aliphatic heterocycles. The molecule has 2 aromatic carbocycles. The minimum absolute atomic E-state index is 0.291. The number of hydrogen-bond acceptors (Lipinski definition) is 3. The third kappa shape index (κ3) is 3.64. The molecule has 106 valence electrons. The average molecular weight is 332 g/mol. The summed E-state index contributed by atoms with van der Waals surface area (Å²) in [5, 5.41) is 2.10. The van der Waals surface area contributed by atoms with Crippen LogP contribution in [0, 0.1) is 0 Å². The largest absolute Gasteiger partial charge is 0.363 e. The Labute approximate surface area is 127 Å². The first-order chi connectivity index (χ1) is 9.38. The number of hydrogen-bond donors (Lipinski definition) is 2. The molecule has 2 rings (SSSR count). The molecule has 0 aromatic heterocycles. The van der Waals surface area contributed by atoms with Crippen molar-refractivity contribution in [2.24, 2.45) is 0 Å². The zero-order valence-corrected chi connectivity index (χ0v) is 12.5. The quantitative estimate of drug-likeness (QED) is 0.831. The summed E-state index contributed by atoms with van der Waals surface area (Å²) in [5.41, 5.74) is 0.854. The van der Waals surface area contributed by atoms with Gasteiger partial charge in [0.05, 0.1) is 10.0 Å². The molecule has 1 atom stereocenters. The Hall–Kier alpha value is -1.27. The molecule has 0 spiro atoms. The fraction of sp³-hybridized carbons (Fsp3) is 0.0769. The van der Waals surface area contributed by atoms with Gasteiger partial charge in [-0.25, -0.2) is 0 Å². The Morgan fingerprint density at radius 1 is 1.00 bits per heavy atom. The van der Waals surface area contributed by atoms with Crippen LogP contribution in [-0.4, -0.2) is 13.0 Å². The van der Waals surface area contributed by atoms with Gasteiger partial charge in [-0.15, -0.1) is 0 Å². The van der Waals surface area contributed by atoms with Gasteiger partial charge in [-0.05, 0) is 23.8 Å². The standard InChI is InChI=1S/C13H11Cl2NO3S/c14-11-7-6-10(8-12(11)15)16-13(20(17,18)19)9-4-2-1-3-5-9/h1-8,13,16H,(H,17,18,19). The molecule has 4 nitrogen and oxygen atoms in total. The van der Waals surface area contributed by atoms with Crippen LogP contribution in [0.2, 0.25) is 10.0 Å². The molecule has 0 saturated carbocycles. The van der Waals surface area contributed by atoms with Crippen molar-refractivity contribution in [3.63, 3.8) is 0 Å². The van der Waals surface area contributed by atoms with E-state index in [1.807, 2.05) is 0 Å². The average Bonchev–Trinajstić information content (AvgIpc) is 2.39. The fourth-order valence-electron chi connectivity index (χ4n) is 1.69. The Morgan fingerprint density at radius 3 is 2.20 bits per heavy atom. The van der Waals surface area contributed by atoms with Gasteiger partial charge in [0.2, 0.25) is 0 Å². The maximum Gasteiger partial charge on any atom is 0.290 e. The van der Waals surface area contributed by atoms with Crippen molar-refractivity contribution in [1.29, 1.82) is 0 Å². The Bertz CT molecular complexity index is 705. The summed E-state index contributed by atoms with van der Waals surface area (Å²) in [6.45, 7) is 0. The molecule has 2 N–H and O–H groups in total. The molecule has 0 radical (unpaired) electrons. The lowest BCUT2D eigenvalue weighted by Gasteiger charge is -2.17. The van der Waals surface area contributed by atoms with E-state index in [1.54, 1.807) is 36.4 Å². The van der Waals surface area contributed by atoms with E-state index >= 15 is 0 Å². The Morgan fingerprint density at radius 2 is 1.65 bits per heavy atom. The summed E-state index contributed by atoms with van der Waals surface area (Å²) in [5.74, 6) is 0. The number of nitrogens with one attached hydrogen (secondary N) is 1. The van der Waals surface area contributed by atoms with Crippen LogP contribution in [-0.2, 0) is 10.1 Å². The van der Waals surface area contributed by atoms with E-state index < -0.39 is 15.5 Å². The molecule has 0 amide bonds. The molecule has 0 saturated heterocycles. The van der Waals surface area contributed by atoms with Gasteiger partial charge in [0.1, 0.15) is 0 Å². The van der Waals surface area contributed by atoms with Crippen LogP contribution in [0.4, 0.5) is 5.69 Å². The van der Waals surface area contributed by atoms with E-state index in [4.69, 9.17) is 23.2 Å². The van der Waals surface area contributed by atoms with Crippen molar-refractivity contribution in [2.75, 3.05) is 5.32 Å². The number of halogens is 2. The topological polar surface area (TPSA) is 66.4 Å². The fourth-order valence-corrected chi connectivity index (χ4v) is 2.78. The molecule has 2 aromatic rings. The molecule has 0 bridgehead atoms. The second-order valence-corrected chi connectivity index (χ2v) is 6.39. The minimum atomic E-state index is -4.33. The summed E-state index contributed by atoms with van der Waals surface area (Å²) in [7, 11) is -4.33. The highest BCUT2D eigenvalue weighted by atomic mass is 35.5. The van der Waals surface area contributed by atoms with E-state index in [1.165, 1.54) is 12.1 Å². The number of anilines is 1. The lowest BCUT2D eigenvalue weighted by Crippen LogP contribution is -2.20. The van der Waals surface area contributed by atoms with Crippen LogP contribution < -0.4 is 5.32 Å². The predicted molar refractivity (Wildman–Crippen MR) is 80.8 cm³/mol. The summed E-state index contributed by atoms with van der Waals surface area (Å²) in [6.07, 6.45) is 0. The van der Waals surface area contributed by atoms with Crippen LogP contribution in [0.25, 0.3) is 0 Å². The number of benzene rings is 2. The van der Waals surface area contributed by atoms with E-state index in [0.29, 0.717) is 21.3 Å². The normalized spacial score (nSPS) is 12.9. The summed E-state index contributed by atoms with van der Waals surface area (Å²) >= 11 is 11.7. The molecule has 0 aliphatic rings. The highest BCUT2D eigenvalue weighted by Gasteiger charge is 2.24. The molecular formula is C13H11Cl2NO3S. The van der Waals surface area contributed by atoms with E-state index in [2.05, 4.69) is 5.32 Å². The smallest absolute Gasteiger partial charge is 0.290 e. The van der Waals surface area contributed by atoms with Crippen LogP contribution in [0.5, 0.6) is 0 Å². The highest BCUT2D eigenvalue weighted by molar-refractivity contribution is 7.86. The first-order valence-corrected chi connectivity index (χ1v) is 7.86. The maximum atomic E-state index is 11.5. The zero-order chi connectivity index (χ0) is 14.8. The molecule has 1 unspecified atom stereocenters. The van der Waals surface area contributed by atoms with Gasteiger partial charge in [-0.2, -0.15) is 8.42 Å². The van der Waals surface area contributed by atoms with Gasteiger partial charge in [-0.1, -0.05) is 53.5 Å². The van der Waals surface area contributed by atoms with E-state index in [-0.39, 0.29) is 0 Å². The van der Waals surface area contributed by atoms with Gasteiger partial charge >= 0.3 is 0 Å². The second kappa shape index (κ2) is 6.01. The molecule has 7 heteroatoms. The summed E-state index contributed by atoms with van der Waals surface area (Å²) < 4.78 is 32.4. The second-order valence-electron chi connectivity index (χ2n) is 4.08. The van der Waals surface area contributed by atoms with Crippen LogP contribution >= 0.6 is 23.2 Å².